The van der Waals surface area contributed by atoms with Crippen LogP contribution in [0.3, 0.4) is 0 Å². The molecular weight excluding hydrogens is 531 g/mol. The first-order valence-electron chi connectivity index (χ1n) is 12.2. The summed E-state index contributed by atoms with van der Waals surface area (Å²) in [5.41, 5.74) is 1.03. The van der Waals surface area contributed by atoms with E-state index < -0.39 is 23.4 Å². The number of benzene rings is 3. The fourth-order valence-electron chi connectivity index (χ4n) is 4.42. The van der Waals surface area contributed by atoms with Crippen molar-refractivity contribution in [2.45, 2.75) is 49.4 Å². The average Bonchev–Trinajstić information content (AvgIpc) is 3.22. The highest BCUT2D eigenvalue weighted by atomic mass is 35.5. The first-order valence-corrected chi connectivity index (χ1v) is 13.5. The van der Waals surface area contributed by atoms with Crippen LogP contribution >= 0.6 is 23.4 Å². The first-order chi connectivity index (χ1) is 18.1. The van der Waals surface area contributed by atoms with E-state index in [-0.39, 0.29) is 22.6 Å². The van der Waals surface area contributed by atoms with E-state index in [1.54, 1.807) is 30.8 Å². The number of carbonyl (C=O) groups excluding carboxylic acids is 1. The number of terminal acetylenes is 1. The van der Waals surface area contributed by atoms with Gasteiger partial charge in [0.25, 0.3) is 5.91 Å². The van der Waals surface area contributed by atoms with Crippen LogP contribution in [0.5, 0.6) is 0 Å². The molecule has 38 heavy (non-hydrogen) atoms. The summed E-state index contributed by atoms with van der Waals surface area (Å²) >= 11 is 7.95. The van der Waals surface area contributed by atoms with E-state index in [1.807, 2.05) is 30.3 Å². The van der Waals surface area contributed by atoms with E-state index in [2.05, 4.69) is 18.2 Å². The highest BCUT2D eigenvalue weighted by molar-refractivity contribution is 8.00. The zero-order chi connectivity index (χ0) is 27.8. The van der Waals surface area contributed by atoms with Crippen molar-refractivity contribution in [3.05, 3.63) is 94.3 Å². The molecule has 1 aliphatic rings. The fraction of sp³-hybridized carbons (Fsp3) is 0.300. The zero-order valence-electron chi connectivity index (χ0n) is 21.1. The molecule has 0 aromatic heterocycles. The molecule has 1 fully saturated rings. The molecule has 3 aromatic rings. The smallest absolute Gasteiger partial charge is 0.255 e. The minimum atomic E-state index is -1.59. The number of rotatable bonds is 6. The van der Waals surface area contributed by atoms with Crippen molar-refractivity contribution in [2.75, 3.05) is 5.32 Å². The Labute approximate surface area is 230 Å². The summed E-state index contributed by atoms with van der Waals surface area (Å²) in [5.74, 6) is -1.61. The van der Waals surface area contributed by atoms with Crippen LogP contribution in [0.25, 0.3) is 0 Å². The SMILES string of the molecule is C#Cc1ccccc1.CC(O)CC1CCC(C)C1Sc1cc(C(=O)Nc2cc(F)c(F)c(F)c2)ccc1Cl. The lowest BCUT2D eigenvalue weighted by atomic mass is 9.99. The van der Waals surface area contributed by atoms with Gasteiger partial charge in [-0.1, -0.05) is 42.6 Å². The van der Waals surface area contributed by atoms with Crippen LogP contribution in [-0.2, 0) is 0 Å². The summed E-state index contributed by atoms with van der Waals surface area (Å²) in [6.45, 7) is 3.95. The molecule has 200 valence electrons. The van der Waals surface area contributed by atoms with Gasteiger partial charge in [-0.3, -0.25) is 4.79 Å². The van der Waals surface area contributed by atoms with Crippen LogP contribution in [0, 0.1) is 41.6 Å². The summed E-state index contributed by atoms with van der Waals surface area (Å²) in [7, 11) is 0. The Morgan fingerprint density at radius 3 is 2.37 bits per heavy atom. The number of halogens is 4. The molecule has 0 spiro atoms. The molecule has 0 radical (unpaired) electrons. The number of carbonyl (C=O) groups is 1. The Morgan fingerprint density at radius 2 is 1.79 bits per heavy atom. The lowest BCUT2D eigenvalue weighted by molar-refractivity contribution is 0.102. The van der Waals surface area contributed by atoms with Crippen LogP contribution in [0.1, 0.15) is 49.0 Å². The van der Waals surface area contributed by atoms with Gasteiger partial charge in [-0.15, -0.1) is 18.2 Å². The van der Waals surface area contributed by atoms with E-state index >= 15 is 0 Å². The largest absolute Gasteiger partial charge is 0.393 e. The molecule has 1 amide bonds. The van der Waals surface area contributed by atoms with Crippen molar-refractivity contribution >= 4 is 35.0 Å². The van der Waals surface area contributed by atoms with Gasteiger partial charge in [-0.25, -0.2) is 13.2 Å². The van der Waals surface area contributed by atoms with Gasteiger partial charge < -0.3 is 10.4 Å². The maximum absolute atomic E-state index is 13.4. The molecule has 3 aromatic carbocycles. The third kappa shape index (κ3) is 8.04. The molecule has 0 saturated heterocycles. The molecule has 0 bridgehead atoms. The highest BCUT2D eigenvalue weighted by Crippen LogP contribution is 2.46. The quantitative estimate of drug-likeness (QED) is 0.238. The van der Waals surface area contributed by atoms with Crippen LogP contribution in [0.15, 0.2) is 65.6 Å². The minimum Gasteiger partial charge on any atom is -0.393 e. The van der Waals surface area contributed by atoms with Gasteiger partial charge in [0, 0.05) is 39.1 Å². The zero-order valence-corrected chi connectivity index (χ0v) is 22.6. The predicted octanol–water partition coefficient (Wildman–Crippen LogP) is 7.96. The van der Waals surface area contributed by atoms with Gasteiger partial charge in [0.15, 0.2) is 17.5 Å². The van der Waals surface area contributed by atoms with Gasteiger partial charge in [0.1, 0.15) is 0 Å². The van der Waals surface area contributed by atoms with E-state index in [9.17, 15) is 23.1 Å². The first kappa shape index (κ1) is 29.6. The second-order valence-electron chi connectivity index (χ2n) is 9.35. The Morgan fingerprint density at radius 1 is 1.13 bits per heavy atom. The normalized spacial score (nSPS) is 19.2. The van der Waals surface area contributed by atoms with Crippen molar-refractivity contribution < 1.29 is 23.1 Å². The maximum Gasteiger partial charge on any atom is 0.255 e. The standard InChI is InChI=1S/C22H23ClF3NO2S.C8H6/c1-11-3-4-13(7-12(2)28)21(11)30-19-8-14(5-6-16(19)23)22(29)27-15-9-17(24)20(26)18(25)10-15;1-2-8-6-4-3-5-7-8/h5-6,8-13,21,28H,3-4,7H2,1-2H3,(H,27,29);1,3-7H. The number of anilines is 1. The van der Waals surface area contributed by atoms with Gasteiger partial charge in [0.2, 0.25) is 0 Å². The second kappa shape index (κ2) is 13.7. The molecule has 0 aliphatic heterocycles. The van der Waals surface area contributed by atoms with Crippen LogP contribution in [0.2, 0.25) is 5.02 Å². The number of nitrogens with one attached hydrogen (secondary N) is 1. The Hall–Kier alpha value is -2.92. The molecule has 4 rings (SSSR count). The van der Waals surface area contributed by atoms with Crippen LogP contribution in [-0.4, -0.2) is 22.4 Å². The molecule has 4 unspecified atom stereocenters. The van der Waals surface area contributed by atoms with Gasteiger partial charge >= 0.3 is 0 Å². The van der Waals surface area contributed by atoms with Crippen molar-refractivity contribution in [3.63, 3.8) is 0 Å². The lowest BCUT2D eigenvalue weighted by Gasteiger charge is -2.24. The van der Waals surface area contributed by atoms with Crippen LogP contribution in [0.4, 0.5) is 18.9 Å². The van der Waals surface area contributed by atoms with E-state index in [0.717, 1.165) is 35.4 Å². The maximum atomic E-state index is 13.4. The van der Waals surface area contributed by atoms with Crippen molar-refractivity contribution in [3.8, 4) is 12.3 Å². The summed E-state index contributed by atoms with van der Waals surface area (Å²) < 4.78 is 39.9. The average molecular weight is 560 g/mol. The van der Waals surface area contributed by atoms with Crippen molar-refractivity contribution in [1.82, 2.24) is 0 Å². The number of aliphatic hydroxyl groups is 1. The predicted molar refractivity (Wildman–Crippen MR) is 148 cm³/mol. The molecule has 4 atom stereocenters. The van der Waals surface area contributed by atoms with Crippen molar-refractivity contribution in [1.29, 1.82) is 0 Å². The van der Waals surface area contributed by atoms with E-state index in [4.69, 9.17) is 18.0 Å². The summed E-state index contributed by atoms with van der Waals surface area (Å²) in [6, 6.07) is 15.8. The Balaban J connectivity index is 0.000000427. The van der Waals surface area contributed by atoms with E-state index in [1.165, 1.54) is 6.07 Å². The molecule has 0 heterocycles. The molecule has 3 nitrogen and oxygen atoms in total. The molecule has 8 heteroatoms. The van der Waals surface area contributed by atoms with Gasteiger partial charge in [-0.2, -0.15) is 0 Å². The Kier molecular flexibility index (Phi) is 10.7. The molecule has 1 aliphatic carbocycles. The third-order valence-electron chi connectivity index (χ3n) is 6.30. The lowest BCUT2D eigenvalue weighted by Crippen LogP contribution is -2.20. The number of hydrogen-bond acceptors (Lipinski definition) is 3. The Bertz CT molecular complexity index is 1270. The molecular formula is C30H29ClF3NO2S. The number of aliphatic hydroxyl groups excluding tert-OH is 1. The second-order valence-corrected chi connectivity index (χ2v) is 11.0. The molecule has 1 saturated carbocycles. The summed E-state index contributed by atoms with van der Waals surface area (Å²) in [4.78, 5) is 13.3. The van der Waals surface area contributed by atoms with Gasteiger partial charge in [0.05, 0.1) is 11.1 Å². The van der Waals surface area contributed by atoms with Gasteiger partial charge in [-0.05, 0) is 68.4 Å². The van der Waals surface area contributed by atoms with Crippen molar-refractivity contribution in [2.24, 2.45) is 11.8 Å². The summed E-state index contributed by atoms with van der Waals surface area (Å²) in [5, 5.41) is 12.9. The topological polar surface area (TPSA) is 49.3 Å². The number of amides is 1. The highest BCUT2D eigenvalue weighted by Gasteiger charge is 2.35. The van der Waals surface area contributed by atoms with Crippen LogP contribution < -0.4 is 5.32 Å². The fourth-order valence-corrected chi connectivity index (χ4v) is 6.15. The van der Waals surface area contributed by atoms with E-state index in [0.29, 0.717) is 23.3 Å². The number of hydrogen-bond donors (Lipinski definition) is 2. The minimum absolute atomic E-state index is 0.179. The number of thioether (sulfide) groups is 1. The third-order valence-corrected chi connectivity index (χ3v) is 8.46. The molecule has 2 N–H and O–H groups in total. The monoisotopic (exact) mass is 559 g/mol. The summed E-state index contributed by atoms with van der Waals surface area (Å²) in [6.07, 6.45) is 7.52.